The zero-order chi connectivity index (χ0) is 19.0. The summed E-state index contributed by atoms with van der Waals surface area (Å²) in [7, 11) is 0. The van der Waals surface area contributed by atoms with Crippen molar-refractivity contribution < 1.29 is 14.7 Å². The molecule has 7 rings (SSSR count). The summed E-state index contributed by atoms with van der Waals surface area (Å²) in [5.74, 6) is -1.31. The number of rotatable bonds is 1. The number of amides is 2. The molecule has 2 atom stereocenters. The lowest BCUT2D eigenvalue weighted by molar-refractivity contribution is -0.122. The maximum Gasteiger partial charge on any atom is 0.238 e. The summed E-state index contributed by atoms with van der Waals surface area (Å²) in [5.41, 5.74) is 5.08. The third-order valence-corrected chi connectivity index (χ3v) is 6.54. The highest BCUT2D eigenvalue weighted by Crippen LogP contribution is 2.61. The molecule has 0 unspecified atom stereocenters. The van der Waals surface area contributed by atoms with Crippen molar-refractivity contribution >= 4 is 17.5 Å². The van der Waals surface area contributed by atoms with E-state index in [-0.39, 0.29) is 29.4 Å². The molecule has 3 aliphatic carbocycles. The molecule has 1 saturated heterocycles. The molecule has 1 fully saturated rings. The Bertz CT molecular complexity index is 1050. The number of nitrogens with zero attached hydrogens (tertiary/aromatic N) is 1. The SMILES string of the molecule is O=C1[C@@H]2C3c4ccccc4C(c4ccccc43)[C@H]2C(=O)N1c1cccc(O)c1. The van der Waals surface area contributed by atoms with Gasteiger partial charge in [-0.05, 0) is 34.4 Å². The summed E-state index contributed by atoms with van der Waals surface area (Å²) in [6, 6.07) is 22.8. The molecule has 136 valence electrons. The van der Waals surface area contributed by atoms with Gasteiger partial charge in [0.05, 0.1) is 17.5 Å². The molecule has 0 saturated carbocycles. The molecule has 4 aliphatic rings. The summed E-state index contributed by atoms with van der Waals surface area (Å²) in [6.45, 7) is 0. The van der Waals surface area contributed by atoms with Crippen LogP contribution in [0.1, 0.15) is 34.1 Å². The highest BCUT2D eigenvalue weighted by atomic mass is 16.3. The van der Waals surface area contributed by atoms with Crippen LogP contribution in [0.5, 0.6) is 5.75 Å². The van der Waals surface area contributed by atoms with Crippen molar-refractivity contribution in [3.8, 4) is 5.75 Å². The molecule has 3 aromatic rings. The number of benzene rings is 3. The Kier molecular flexibility index (Phi) is 2.97. The fourth-order valence-corrected chi connectivity index (χ4v) is 5.56. The fraction of sp³-hybridized carbons (Fsp3) is 0.167. The fourth-order valence-electron chi connectivity index (χ4n) is 5.56. The van der Waals surface area contributed by atoms with Crippen molar-refractivity contribution in [2.45, 2.75) is 11.8 Å². The van der Waals surface area contributed by atoms with Gasteiger partial charge in [0, 0.05) is 17.9 Å². The van der Waals surface area contributed by atoms with Crippen LogP contribution < -0.4 is 4.90 Å². The molecule has 4 heteroatoms. The van der Waals surface area contributed by atoms with Gasteiger partial charge in [0.2, 0.25) is 11.8 Å². The van der Waals surface area contributed by atoms with Crippen LogP contribution in [-0.2, 0) is 9.59 Å². The molecule has 1 heterocycles. The highest BCUT2D eigenvalue weighted by Gasteiger charge is 2.61. The predicted molar refractivity (Wildman–Crippen MR) is 104 cm³/mol. The largest absolute Gasteiger partial charge is 0.508 e. The topological polar surface area (TPSA) is 57.6 Å². The molecular formula is C24H17NO3. The average Bonchev–Trinajstić information content (AvgIpc) is 2.99. The smallest absolute Gasteiger partial charge is 0.238 e. The van der Waals surface area contributed by atoms with Crippen molar-refractivity contribution in [3.63, 3.8) is 0 Å². The van der Waals surface area contributed by atoms with Gasteiger partial charge in [0.1, 0.15) is 5.75 Å². The van der Waals surface area contributed by atoms with Crippen LogP contribution in [0.15, 0.2) is 72.8 Å². The molecule has 1 aliphatic heterocycles. The molecule has 0 spiro atoms. The Labute approximate surface area is 162 Å². The molecule has 0 radical (unpaired) electrons. The van der Waals surface area contributed by atoms with E-state index < -0.39 is 11.8 Å². The molecular weight excluding hydrogens is 350 g/mol. The van der Waals surface area contributed by atoms with Crippen LogP contribution in [0.25, 0.3) is 0 Å². The molecule has 2 bridgehead atoms. The first-order chi connectivity index (χ1) is 13.7. The minimum atomic E-state index is -0.398. The number of carbonyl (C=O) groups excluding carboxylic acids is 2. The van der Waals surface area contributed by atoms with E-state index in [9.17, 15) is 14.7 Å². The minimum absolute atomic E-state index is 0.0440. The van der Waals surface area contributed by atoms with E-state index in [1.807, 2.05) is 24.3 Å². The average molecular weight is 367 g/mol. The highest BCUT2D eigenvalue weighted by molar-refractivity contribution is 6.23. The summed E-state index contributed by atoms with van der Waals surface area (Å²) in [6.07, 6.45) is 0. The molecule has 3 aromatic carbocycles. The third-order valence-electron chi connectivity index (χ3n) is 6.54. The van der Waals surface area contributed by atoms with Gasteiger partial charge in [-0.3, -0.25) is 9.59 Å². The van der Waals surface area contributed by atoms with Crippen LogP contribution >= 0.6 is 0 Å². The van der Waals surface area contributed by atoms with Gasteiger partial charge >= 0.3 is 0 Å². The Hall–Kier alpha value is -3.40. The zero-order valence-corrected chi connectivity index (χ0v) is 14.9. The minimum Gasteiger partial charge on any atom is -0.508 e. The summed E-state index contributed by atoms with van der Waals surface area (Å²) < 4.78 is 0. The van der Waals surface area contributed by atoms with Crippen LogP contribution in [-0.4, -0.2) is 16.9 Å². The summed E-state index contributed by atoms with van der Waals surface area (Å²) in [4.78, 5) is 28.3. The molecule has 28 heavy (non-hydrogen) atoms. The van der Waals surface area contributed by atoms with Gasteiger partial charge < -0.3 is 5.11 Å². The van der Waals surface area contributed by atoms with Crippen molar-refractivity contribution in [2.75, 3.05) is 4.90 Å². The lowest BCUT2D eigenvalue weighted by Gasteiger charge is -2.45. The van der Waals surface area contributed by atoms with Gasteiger partial charge in [0.25, 0.3) is 0 Å². The second-order valence-corrected chi connectivity index (χ2v) is 7.80. The third kappa shape index (κ3) is 1.80. The first-order valence-electron chi connectivity index (χ1n) is 9.51. The second-order valence-electron chi connectivity index (χ2n) is 7.80. The number of anilines is 1. The Morgan fingerprint density at radius 3 is 1.54 bits per heavy atom. The van der Waals surface area contributed by atoms with E-state index in [0.717, 1.165) is 22.3 Å². The molecule has 4 nitrogen and oxygen atoms in total. The standard InChI is InChI=1S/C24H17NO3/c26-14-7-5-6-13(12-14)25-23(27)21-19-15-8-1-2-9-16(15)20(22(21)24(25)28)18-11-4-3-10-17(18)19/h1-12,19-22,26H/t19?,20?,21-,22-/m1/s1. The van der Waals surface area contributed by atoms with Gasteiger partial charge in [-0.2, -0.15) is 0 Å². The lowest BCUT2D eigenvalue weighted by atomic mass is 9.55. The molecule has 2 amide bonds. The van der Waals surface area contributed by atoms with Crippen molar-refractivity contribution in [3.05, 3.63) is 95.1 Å². The van der Waals surface area contributed by atoms with Gasteiger partial charge in [0.15, 0.2) is 0 Å². The maximum atomic E-state index is 13.5. The van der Waals surface area contributed by atoms with Crippen molar-refractivity contribution in [2.24, 2.45) is 11.8 Å². The first-order valence-corrected chi connectivity index (χ1v) is 9.51. The molecule has 0 aromatic heterocycles. The monoisotopic (exact) mass is 367 g/mol. The van der Waals surface area contributed by atoms with Gasteiger partial charge in [-0.25, -0.2) is 4.90 Å². The van der Waals surface area contributed by atoms with Crippen LogP contribution in [0.2, 0.25) is 0 Å². The Morgan fingerprint density at radius 2 is 1.11 bits per heavy atom. The molecule has 1 N–H and O–H groups in total. The number of imide groups is 1. The van der Waals surface area contributed by atoms with Crippen LogP contribution in [0.3, 0.4) is 0 Å². The van der Waals surface area contributed by atoms with Crippen LogP contribution in [0.4, 0.5) is 5.69 Å². The Morgan fingerprint density at radius 1 is 0.643 bits per heavy atom. The first kappa shape index (κ1) is 15.6. The zero-order valence-electron chi connectivity index (χ0n) is 14.9. The number of hydrogen-bond donors (Lipinski definition) is 1. The predicted octanol–water partition coefficient (Wildman–Crippen LogP) is 3.79. The van der Waals surface area contributed by atoms with Gasteiger partial charge in [-0.15, -0.1) is 0 Å². The number of carbonyl (C=O) groups is 2. The van der Waals surface area contributed by atoms with Crippen molar-refractivity contribution in [1.29, 1.82) is 0 Å². The maximum absolute atomic E-state index is 13.5. The Balaban J connectivity index is 1.58. The van der Waals surface area contributed by atoms with Gasteiger partial charge in [-0.1, -0.05) is 54.6 Å². The second kappa shape index (κ2) is 5.32. The van der Waals surface area contributed by atoms with E-state index in [4.69, 9.17) is 0 Å². The van der Waals surface area contributed by atoms with E-state index in [1.54, 1.807) is 12.1 Å². The van der Waals surface area contributed by atoms with Crippen LogP contribution in [0, 0.1) is 11.8 Å². The van der Waals surface area contributed by atoms with E-state index >= 15 is 0 Å². The number of aromatic hydroxyl groups is 1. The summed E-state index contributed by atoms with van der Waals surface area (Å²) >= 11 is 0. The number of phenols is 1. The summed E-state index contributed by atoms with van der Waals surface area (Å²) in [5, 5.41) is 9.86. The van der Waals surface area contributed by atoms with E-state index in [2.05, 4.69) is 24.3 Å². The van der Waals surface area contributed by atoms with E-state index in [0.29, 0.717) is 5.69 Å². The number of phenolic OH excluding ortho intramolecular Hbond substituents is 1. The quantitative estimate of drug-likeness (QED) is 0.666. The van der Waals surface area contributed by atoms with Crippen molar-refractivity contribution in [1.82, 2.24) is 0 Å². The normalized spacial score (nSPS) is 26.8. The lowest BCUT2D eigenvalue weighted by Crippen LogP contribution is -2.41. The van der Waals surface area contributed by atoms with E-state index in [1.165, 1.54) is 17.0 Å². The number of hydrogen-bond acceptors (Lipinski definition) is 3.